The molecule has 0 aliphatic carbocycles. The average molecular weight is 189 g/mol. The first-order chi connectivity index (χ1) is 6.90. The maximum atomic E-state index is 10.0. The molecule has 1 aromatic carbocycles. The topological polar surface area (TPSA) is 57.8 Å². The molecule has 0 spiro atoms. The molecule has 0 bridgehead atoms. The van der Waals surface area contributed by atoms with E-state index in [0.29, 0.717) is 13.0 Å². The van der Waals surface area contributed by atoms with Crippen molar-refractivity contribution < 1.29 is 4.79 Å². The summed E-state index contributed by atoms with van der Waals surface area (Å²) in [5, 5.41) is 2.60. The first kappa shape index (κ1) is 8.74. The molecule has 0 saturated heterocycles. The van der Waals surface area contributed by atoms with Gasteiger partial charge in [-0.05, 0) is 12.1 Å². The van der Waals surface area contributed by atoms with Crippen LogP contribution in [0.25, 0.3) is 11.0 Å². The Hall–Kier alpha value is -1.84. The number of amides is 1. The molecule has 0 saturated carbocycles. The molecule has 72 valence electrons. The van der Waals surface area contributed by atoms with Gasteiger partial charge in [-0.2, -0.15) is 0 Å². The molecule has 1 aromatic heterocycles. The highest BCUT2D eigenvalue weighted by atomic mass is 16.1. The summed E-state index contributed by atoms with van der Waals surface area (Å²) in [5.41, 5.74) is 2.00. The van der Waals surface area contributed by atoms with E-state index in [9.17, 15) is 4.79 Å². The summed E-state index contributed by atoms with van der Waals surface area (Å²) in [7, 11) is 0. The Labute approximate surface area is 81.3 Å². The van der Waals surface area contributed by atoms with Gasteiger partial charge in [0.1, 0.15) is 5.82 Å². The normalized spacial score (nSPS) is 10.3. The molecule has 2 rings (SSSR count). The summed E-state index contributed by atoms with van der Waals surface area (Å²) >= 11 is 0. The summed E-state index contributed by atoms with van der Waals surface area (Å²) in [6.45, 7) is 0.614. The van der Waals surface area contributed by atoms with Crippen LogP contribution >= 0.6 is 0 Å². The van der Waals surface area contributed by atoms with Crippen LogP contribution in [0.3, 0.4) is 0 Å². The fraction of sp³-hybridized carbons (Fsp3) is 0.200. The number of hydrogen-bond donors (Lipinski definition) is 2. The van der Waals surface area contributed by atoms with Crippen LogP contribution in [0.1, 0.15) is 5.82 Å². The molecule has 2 N–H and O–H groups in total. The smallest absolute Gasteiger partial charge is 0.207 e. The van der Waals surface area contributed by atoms with E-state index in [4.69, 9.17) is 0 Å². The summed E-state index contributed by atoms with van der Waals surface area (Å²) in [5.74, 6) is 0.903. The molecule has 0 radical (unpaired) electrons. The highest BCUT2D eigenvalue weighted by Crippen LogP contribution is 2.09. The SMILES string of the molecule is O=CNCCc1nc2ccccc2[nH]1. The summed E-state index contributed by atoms with van der Waals surface area (Å²) < 4.78 is 0. The van der Waals surface area contributed by atoms with E-state index in [1.54, 1.807) is 0 Å². The Morgan fingerprint density at radius 2 is 2.29 bits per heavy atom. The summed E-state index contributed by atoms with van der Waals surface area (Å²) in [6.07, 6.45) is 1.43. The lowest BCUT2D eigenvalue weighted by molar-refractivity contribution is -0.109. The van der Waals surface area contributed by atoms with Gasteiger partial charge in [-0.25, -0.2) is 4.98 Å². The molecule has 4 nitrogen and oxygen atoms in total. The Bertz CT molecular complexity index is 403. The van der Waals surface area contributed by atoms with Crippen molar-refractivity contribution in [1.29, 1.82) is 0 Å². The van der Waals surface area contributed by atoms with Crippen LogP contribution < -0.4 is 5.32 Å². The monoisotopic (exact) mass is 189 g/mol. The van der Waals surface area contributed by atoms with Gasteiger partial charge in [0.25, 0.3) is 0 Å². The Morgan fingerprint density at radius 3 is 3.07 bits per heavy atom. The van der Waals surface area contributed by atoms with Gasteiger partial charge in [0.05, 0.1) is 11.0 Å². The van der Waals surface area contributed by atoms with Crippen LogP contribution in [0.2, 0.25) is 0 Å². The average Bonchev–Trinajstić information content (AvgIpc) is 2.60. The van der Waals surface area contributed by atoms with E-state index in [1.165, 1.54) is 0 Å². The van der Waals surface area contributed by atoms with E-state index in [0.717, 1.165) is 23.3 Å². The maximum Gasteiger partial charge on any atom is 0.207 e. The van der Waals surface area contributed by atoms with Crippen molar-refractivity contribution in [2.45, 2.75) is 6.42 Å². The van der Waals surface area contributed by atoms with E-state index >= 15 is 0 Å². The lowest BCUT2D eigenvalue weighted by Crippen LogP contribution is -2.14. The zero-order valence-electron chi connectivity index (χ0n) is 7.66. The Morgan fingerprint density at radius 1 is 1.43 bits per heavy atom. The fourth-order valence-electron chi connectivity index (χ4n) is 1.37. The third-order valence-electron chi connectivity index (χ3n) is 2.03. The fourth-order valence-corrected chi connectivity index (χ4v) is 1.37. The van der Waals surface area contributed by atoms with Crippen molar-refractivity contribution in [1.82, 2.24) is 15.3 Å². The molecule has 0 atom stereocenters. The van der Waals surface area contributed by atoms with Gasteiger partial charge < -0.3 is 10.3 Å². The number of aromatic amines is 1. The molecule has 0 aliphatic heterocycles. The van der Waals surface area contributed by atoms with Crippen LogP contribution in [-0.4, -0.2) is 22.9 Å². The third-order valence-corrected chi connectivity index (χ3v) is 2.03. The van der Waals surface area contributed by atoms with Crippen LogP contribution in [0.5, 0.6) is 0 Å². The van der Waals surface area contributed by atoms with Gasteiger partial charge in [0.2, 0.25) is 6.41 Å². The van der Waals surface area contributed by atoms with Crippen molar-refractivity contribution in [3.63, 3.8) is 0 Å². The standard InChI is InChI=1S/C10H11N3O/c14-7-11-6-5-10-12-8-3-1-2-4-9(8)13-10/h1-4,7H,5-6H2,(H,11,14)(H,12,13). The first-order valence-electron chi connectivity index (χ1n) is 4.51. The lowest BCUT2D eigenvalue weighted by atomic mass is 10.3. The number of fused-ring (bicyclic) bond motifs is 1. The first-order valence-corrected chi connectivity index (χ1v) is 4.51. The molecule has 1 amide bonds. The molecule has 14 heavy (non-hydrogen) atoms. The highest BCUT2D eigenvalue weighted by Gasteiger charge is 2.00. The Kier molecular flexibility index (Phi) is 2.44. The van der Waals surface area contributed by atoms with Crippen molar-refractivity contribution in [3.05, 3.63) is 30.1 Å². The van der Waals surface area contributed by atoms with Gasteiger partial charge in [-0.3, -0.25) is 4.79 Å². The minimum absolute atomic E-state index is 0.614. The minimum atomic E-state index is 0.614. The number of imidazole rings is 1. The van der Waals surface area contributed by atoms with Gasteiger partial charge in [0.15, 0.2) is 0 Å². The zero-order chi connectivity index (χ0) is 9.80. The molecular formula is C10H11N3O. The third kappa shape index (κ3) is 1.74. The summed E-state index contributed by atoms with van der Waals surface area (Å²) in [4.78, 5) is 17.6. The minimum Gasteiger partial charge on any atom is -0.358 e. The number of para-hydroxylation sites is 2. The molecule has 0 aliphatic rings. The van der Waals surface area contributed by atoms with E-state index < -0.39 is 0 Å². The number of carbonyl (C=O) groups is 1. The van der Waals surface area contributed by atoms with Crippen LogP contribution in [0.15, 0.2) is 24.3 Å². The largest absolute Gasteiger partial charge is 0.358 e. The van der Waals surface area contributed by atoms with E-state index in [-0.39, 0.29) is 0 Å². The van der Waals surface area contributed by atoms with Crippen LogP contribution in [-0.2, 0) is 11.2 Å². The van der Waals surface area contributed by atoms with Crippen molar-refractivity contribution in [2.75, 3.05) is 6.54 Å². The second kappa shape index (κ2) is 3.91. The van der Waals surface area contributed by atoms with E-state index in [1.807, 2.05) is 24.3 Å². The number of H-pyrrole nitrogens is 1. The predicted octanol–water partition coefficient (Wildman–Crippen LogP) is 0.851. The molecule has 0 unspecified atom stereocenters. The van der Waals surface area contributed by atoms with Gasteiger partial charge in [0, 0.05) is 13.0 Å². The highest BCUT2D eigenvalue weighted by molar-refractivity contribution is 5.74. The van der Waals surface area contributed by atoms with Gasteiger partial charge in [-0.1, -0.05) is 12.1 Å². The second-order valence-corrected chi connectivity index (χ2v) is 3.02. The second-order valence-electron chi connectivity index (χ2n) is 3.02. The maximum absolute atomic E-state index is 10.0. The molecule has 0 fully saturated rings. The van der Waals surface area contributed by atoms with Crippen molar-refractivity contribution in [2.24, 2.45) is 0 Å². The number of carbonyl (C=O) groups excluding carboxylic acids is 1. The quantitative estimate of drug-likeness (QED) is 0.553. The molecule has 4 heteroatoms. The Balaban J connectivity index is 2.14. The van der Waals surface area contributed by atoms with Crippen molar-refractivity contribution in [3.8, 4) is 0 Å². The zero-order valence-corrected chi connectivity index (χ0v) is 7.66. The summed E-state index contributed by atoms with van der Waals surface area (Å²) in [6, 6.07) is 7.87. The van der Waals surface area contributed by atoms with E-state index in [2.05, 4.69) is 15.3 Å². The number of aromatic nitrogens is 2. The number of hydrogen-bond acceptors (Lipinski definition) is 2. The lowest BCUT2D eigenvalue weighted by Gasteiger charge is -1.93. The molecule has 2 aromatic rings. The molecular weight excluding hydrogens is 178 g/mol. The number of benzene rings is 1. The number of nitrogens with zero attached hydrogens (tertiary/aromatic N) is 1. The van der Waals surface area contributed by atoms with Crippen molar-refractivity contribution >= 4 is 17.4 Å². The number of nitrogens with one attached hydrogen (secondary N) is 2. The number of rotatable bonds is 4. The van der Waals surface area contributed by atoms with Gasteiger partial charge >= 0.3 is 0 Å². The van der Waals surface area contributed by atoms with Crippen LogP contribution in [0.4, 0.5) is 0 Å². The predicted molar refractivity (Wildman–Crippen MR) is 53.9 cm³/mol. The molecule has 1 heterocycles. The van der Waals surface area contributed by atoms with Crippen LogP contribution in [0, 0.1) is 0 Å². The van der Waals surface area contributed by atoms with Gasteiger partial charge in [-0.15, -0.1) is 0 Å².